The zero-order valence-electron chi connectivity index (χ0n) is 10.6. The summed E-state index contributed by atoms with van der Waals surface area (Å²) in [5.74, 6) is 0. The van der Waals surface area contributed by atoms with Gasteiger partial charge in [-0.1, -0.05) is 35.4 Å². The molecule has 0 aliphatic heterocycles. The smallest absolute Gasteiger partial charge is 0.0629 e. The Labute approximate surface area is 117 Å². The lowest BCUT2D eigenvalue weighted by Crippen LogP contribution is -2.14. The molecule has 0 aliphatic rings. The van der Waals surface area contributed by atoms with Crippen molar-refractivity contribution in [1.29, 1.82) is 0 Å². The maximum atomic E-state index is 10.2. The second kappa shape index (κ2) is 5.87. The second-order valence-electron chi connectivity index (χ2n) is 4.68. The molecule has 0 aliphatic carbocycles. The summed E-state index contributed by atoms with van der Waals surface area (Å²) >= 11 is 7.65. The molecule has 18 heavy (non-hydrogen) atoms. The molecule has 0 saturated carbocycles. The molecule has 3 heteroatoms. The SMILES string of the molecule is Cc1ccc(C)c(CC(O)Cc2sccc2Cl)c1. The van der Waals surface area contributed by atoms with Crippen LogP contribution in [-0.4, -0.2) is 11.2 Å². The molecule has 2 rings (SSSR count). The van der Waals surface area contributed by atoms with Gasteiger partial charge in [-0.2, -0.15) is 0 Å². The van der Waals surface area contributed by atoms with Crippen LogP contribution in [0.4, 0.5) is 0 Å². The quantitative estimate of drug-likeness (QED) is 0.891. The van der Waals surface area contributed by atoms with Crippen LogP contribution in [0.1, 0.15) is 21.6 Å². The number of aliphatic hydroxyl groups is 1. The Morgan fingerprint density at radius 1 is 1.22 bits per heavy atom. The number of halogens is 1. The number of aliphatic hydroxyl groups excluding tert-OH is 1. The third-order valence-corrected chi connectivity index (χ3v) is 4.48. The molecule has 2 aromatic rings. The van der Waals surface area contributed by atoms with Crippen LogP contribution in [0.15, 0.2) is 29.6 Å². The third-order valence-electron chi connectivity index (χ3n) is 3.07. The third kappa shape index (κ3) is 3.35. The van der Waals surface area contributed by atoms with Crippen molar-refractivity contribution in [3.8, 4) is 0 Å². The van der Waals surface area contributed by atoms with Crippen LogP contribution >= 0.6 is 22.9 Å². The van der Waals surface area contributed by atoms with Gasteiger partial charge in [0.2, 0.25) is 0 Å². The van der Waals surface area contributed by atoms with Gasteiger partial charge in [0.25, 0.3) is 0 Å². The summed E-state index contributed by atoms with van der Waals surface area (Å²) in [4.78, 5) is 1.06. The van der Waals surface area contributed by atoms with Gasteiger partial charge in [-0.15, -0.1) is 11.3 Å². The van der Waals surface area contributed by atoms with Gasteiger partial charge in [-0.05, 0) is 42.8 Å². The number of hydrogen-bond acceptors (Lipinski definition) is 2. The predicted molar refractivity (Wildman–Crippen MR) is 78.7 cm³/mol. The van der Waals surface area contributed by atoms with E-state index in [1.165, 1.54) is 16.7 Å². The first kappa shape index (κ1) is 13.6. The molecule has 1 N–H and O–H groups in total. The molecule has 1 atom stereocenters. The van der Waals surface area contributed by atoms with E-state index >= 15 is 0 Å². The number of benzene rings is 1. The molecular formula is C15H17ClOS. The van der Waals surface area contributed by atoms with Crippen LogP contribution in [0.3, 0.4) is 0 Å². The van der Waals surface area contributed by atoms with E-state index in [0.717, 1.165) is 9.90 Å². The van der Waals surface area contributed by atoms with Crippen LogP contribution in [-0.2, 0) is 12.8 Å². The highest BCUT2D eigenvalue weighted by atomic mass is 35.5. The zero-order valence-corrected chi connectivity index (χ0v) is 12.2. The minimum atomic E-state index is -0.373. The highest BCUT2D eigenvalue weighted by Gasteiger charge is 2.12. The molecule has 0 radical (unpaired) electrons. The van der Waals surface area contributed by atoms with Gasteiger partial charge in [-0.25, -0.2) is 0 Å². The summed E-state index contributed by atoms with van der Waals surface area (Å²) in [5, 5.41) is 12.9. The van der Waals surface area contributed by atoms with Crippen molar-refractivity contribution in [2.24, 2.45) is 0 Å². The first-order chi connectivity index (χ1) is 8.56. The van der Waals surface area contributed by atoms with E-state index < -0.39 is 0 Å². The molecule has 96 valence electrons. The fraction of sp³-hybridized carbons (Fsp3) is 0.333. The minimum Gasteiger partial charge on any atom is -0.392 e. The van der Waals surface area contributed by atoms with Gasteiger partial charge in [0, 0.05) is 11.3 Å². The van der Waals surface area contributed by atoms with Crippen molar-refractivity contribution < 1.29 is 5.11 Å². The second-order valence-corrected chi connectivity index (χ2v) is 6.09. The number of rotatable bonds is 4. The zero-order chi connectivity index (χ0) is 13.1. The van der Waals surface area contributed by atoms with Crippen molar-refractivity contribution in [3.05, 3.63) is 56.2 Å². The molecule has 0 fully saturated rings. The van der Waals surface area contributed by atoms with Crippen molar-refractivity contribution in [2.45, 2.75) is 32.8 Å². The molecule has 1 nitrogen and oxygen atoms in total. The van der Waals surface area contributed by atoms with Gasteiger partial charge < -0.3 is 5.11 Å². The summed E-state index contributed by atoms with van der Waals surface area (Å²) < 4.78 is 0. The van der Waals surface area contributed by atoms with E-state index in [9.17, 15) is 5.11 Å². The van der Waals surface area contributed by atoms with Crippen molar-refractivity contribution in [2.75, 3.05) is 0 Å². The molecule has 1 unspecified atom stereocenters. The molecule has 1 aromatic carbocycles. The van der Waals surface area contributed by atoms with Gasteiger partial charge in [-0.3, -0.25) is 0 Å². The van der Waals surface area contributed by atoms with Crippen LogP contribution < -0.4 is 0 Å². The van der Waals surface area contributed by atoms with Gasteiger partial charge in [0.05, 0.1) is 11.1 Å². The Morgan fingerprint density at radius 3 is 2.67 bits per heavy atom. The topological polar surface area (TPSA) is 20.2 Å². The maximum Gasteiger partial charge on any atom is 0.0629 e. The van der Waals surface area contributed by atoms with E-state index in [2.05, 4.69) is 32.0 Å². The lowest BCUT2D eigenvalue weighted by atomic mass is 9.99. The molecule has 1 aromatic heterocycles. The van der Waals surface area contributed by atoms with Crippen LogP contribution in [0, 0.1) is 13.8 Å². The Kier molecular flexibility index (Phi) is 4.44. The molecule has 0 bridgehead atoms. The first-order valence-corrected chi connectivity index (χ1v) is 7.28. The standard InChI is InChI=1S/C15H17ClOS/c1-10-3-4-11(2)12(7-10)8-13(17)9-15-14(16)5-6-18-15/h3-7,13,17H,8-9H2,1-2H3. The van der Waals surface area contributed by atoms with Crippen LogP contribution in [0.25, 0.3) is 0 Å². The molecule has 1 heterocycles. The average molecular weight is 281 g/mol. The van der Waals surface area contributed by atoms with Crippen molar-refractivity contribution in [1.82, 2.24) is 0 Å². The Balaban J connectivity index is 2.05. The number of thiophene rings is 1. The molecule has 0 spiro atoms. The van der Waals surface area contributed by atoms with Crippen LogP contribution in [0.2, 0.25) is 5.02 Å². The molecular weight excluding hydrogens is 264 g/mol. The summed E-state index contributed by atoms with van der Waals surface area (Å²) in [6, 6.07) is 8.23. The van der Waals surface area contributed by atoms with E-state index in [0.29, 0.717) is 12.8 Å². The lowest BCUT2D eigenvalue weighted by Gasteiger charge is -2.12. The lowest BCUT2D eigenvalue weighted by molar-refractivity contribution is 0.176. The summed E-state index contributed by atoms with van der Waals surface area (Å²) in [6.45, 7) is 4.16. The highest BCUT2D eigenvalue weighted by molar-refractivity contribution is 7.10. The van der Waals surface area contributed by atoms with Crippen molar-refractivity contribution >= 4 is 22.9 Å². The van der Waals surface area contributed by atoms with Gasteiger partial charge in [0.1, 0.15) is 0 Å². The Hall–Kier alpha value is -0.830. The van der Waals surface area contributed by atoms with E-state index in [4.69, 9.17) is 11.6 Å². The Morgan fingerprint density at radius 2 is 2.00 bits per heavy atom. The average Bonchev–Trinajstić information content (AvgIpc) is 2.70. The maximum absolute atomic E-state index is 10.2. The number of hydrogen-bond donors (Lipinski definition) is 1. The van der Waals surface area contributed by atoms with E-state index in [1.54, 1.807) is 11.3 Å². The van der Waals surface area contributed by atoms with E-state index in [-0.39, 0.29) is 6.10 Å². The highest BCUT2D eigenvalue weighted by Crippen LogP contribution is 2.24. The number of aryl methyl sites for hydroxylation is 2. The largest absolute Gasteiger partial charge is 0.392 e. The molecule has 0 amide bonds. The van der Waals surface area contributed by atoms with Gasteiger partial charge in [0.15, 0.2) is 0 Å². The summed E-state index contributed by atoms with van der Waals surface area (Å²) in [7, 11) is 0. The molecule has 0 saturated heterocycles. The van der Waals surface area contributed by atoms with Crippen LogP contribution in [0.5, 0.6) is 0 Å². The monoisotopic (exact) mass is 280 g/mol. The normalized spacial score (nSPS) is 12.7. The van der Waals surface area contributed by atoms with Crippen molar-refractivity contribution in [3.63, 3.8) is 0 Å². The fourth-order valence-corrected chi connectivity index (χ4v) is 3.22. The first-order valence-electron chi connectivity index (χ1n) is 6.02. The van der Waals surface area contributed by atoms with Gasteiger partial charge >= 0.3 is 0 Å². The summed E-state index contributed by atoms with van der Waals surface area (Å²) in [5.41, 5.74) is 3.68. The predicted octanol–water partition coefficient (Wildman–Crippen LogP) is 4.16. The fourth-order valence-electron chi connectivity index (χ4n) is 2.03. The minimum absolute atomic E-state index is 0.373. The van der Waals surface area contributed by atoms with E-state index in [1.807, 2.05) is 11.4 Å². The Bertz CT molecular complexity index is 533. The summed E-state index contributed by atoms with van der Waals surface area (Å²) in [6.07, 6.45) is 0.938.